The molecule has 3 aromatic rings. The van der Waals surface area contributed by atoms with Gasteiger partial charge in [-0.1, -0.05) is 6.07 Å². The molecule has 1 aromatic carbocycles. The molecular formula is C23H26N4O2S. The maximum absolute atomic E-state index is 10.6. The highest BCUT2D eigenvalue weighted by molar-refractivity contribution is 7.15. The first-order valence-electron chi connectivity index (χ1n) is 10.6. The Morgan fingerprint density at radius 1 is 1.13 bits per heavy atom. The lowest BCUT2D eigenvalue weighted by molar-refractivity contribution is -0.0389. The number of rotatable bonds is 6. The summed E-state index contributed by atoms with van der Waals surface area (Å²) in [4.78, 5) is 14.4. The molecule has 5 rings (SSSR count). The highest BCUT2D eigenvalue weighted by Crippen LogP contribution is 2.44. The van der Waals surface area contributed by atoms with Gasteiger partial charge in [0.2, 0.25) is 11.8 Å². The SMILES string of the molecule is Cc1cc(Nc2nccc(OC3CCCC3)n2)cc(-c2cnc(C3(O)CCC3)s2)c1. The van der Waals surface area contributed by atoms with Crippen LogP contribution in [0.1, 0.15) is 55.5 Å². The summed E-state index contributed by atoms with van der Waals surface area (Å²) in [7, 11) is 0. The average Bonchev–Trinajstić information content (AvgIpc) is 3.38. The molecule has 2 aliphatic carbocycles. The molecule has 0 bridgehead atoms. The van der Waals surface area contributed by atoms with Gasteiger partial charge in [0, 0.05) is 24.1 Å². The molecule has 0 saturated heterocycles. The van der Waals surface area contributed by atoms with E-state index in [1.54, 1.807) is 17.5 Å². The number of aryl methyl sites for hydroxylation is 1. The summed E-state index contributed by atoms with van der Waals surface area (Å²) in [6.07, 6.45) is 11.2. The van der Waals surface area contributed by atoms with Crippen molar-refractivity contribution in [2.75, 3.05) is 5.32 Å². The maximum atomic E-state index is 10.6. The fraction of sp³-hybridized carbons (Fsp3) is 0.435. The molecule has 2 N–H and O–H groups in total. The molecule has 0 aliphatic heterocycles. The van der Waals surface area contributed by atoms with Crippen molar-refractivity contribution in [1.29, 1.82) is 0 Å². The molecule has 2 aromatic heterocycles. The molecule has 2 fully saturated rings. The summed E-state index contributed by atoms with van der Waals surface area (Å²) in [6, 6.07) is 8.09. The molecule has 0 spiro atoms. The van der Waals surface area contributed by atoms with E-state index in [-0.39, 0.29) is 6.10 Å². The highest BCUT2D eigenvalue weighted by atomic mass is 32.1. The number of nitrogens with one attached hydrogen (secondary N) is 1. The summed E-state index contributed by atoms with van der Waals surface area (Å²) < 4.78 is 6.00. The summed E-state index contributed by atoms with van der Waals surface area (Å²) in [5, 5.41) is 14.7. The van der Waals surface area contributed by atoms with E-state index in [0.717, 1.165) is 58.8 Å². The number of thiazole rings is 1. The maximum Gasteiger partial charge on any atom is 0.230 e. The van der Waals surface area contributed by atoms with Crippen molar-refractivity contribution >= 4 is 23.0 Å². The van der Waals surface area contributed by atoms with Gasteiger partial charge in [-0.15, -0.1) is 11.3 Å². The van der Waals surface area contributed by atoms with Crippen LogP contribution in [0, 0.1) is 6.92 Å². The van der Waals surface area contributed by atoms with Gasteiger partial charge in [-0.3, -0.25) is 0 Å². The molecule has 2 saturated carbocycles. The van der Waals surface area contributed by atoms with E-state index in [0.29, 0.717) is 11.8 Å². The fourth-order valence-electron chi connectivity index (χ4n) is 4.12. The van der Waals surface area contributed by atoms with Crippen molar-refractivity contribution in [3.05, 3.63) is 47.2 Å². The average molecular weight is 423 g/mol. The van der Waals surface area contributed by atoms with E-state index >= 15 is 0 Å². The van der Waals surface area contributed by atoms with Gasteiger partial charge in [0.05, 0.1) is 4.88 Å². The quantitative estimate of drug-likeness (QED) is 0.558. The molecule has 2 aliphatic rings. The number of benzene rings is 1. The van der Waals surface area contributed by atoms with E-state index < -0.39 is 5.60 Å². The molecule has 2 heterocycles. The molecule has 0 amide bonds. The summed E-state index contributed by atoms with van der Waals surface area (Å²) in [6.45, 7) is 2.07. The van der Waals surface area contributed by atoms with Gasteiger partial charge in [0.1, 0.15) is 16.7 Å². The van der Waals surface area contributed by atoms with E-state index in [9.17, 15) is 5.11 Å². The Morgan fingerprint density at radius 3 is 2.73 bits per heavy atom. The first kappa shape index (κ1) is 19.5. The smallest absolute Gasteiger partial charge is 0.230 e. The minimum absolute atomic E-state index is 0.268. The molecule has 30 heavy (non-hydrogen) atoms. The van der Waals surface area contributed by atoms with Crippen molar-refractivity contribution < 1.29 is 9.84 Å². The minimum atomic E-state index is -0.721. The third-order valence-corrected chi connectivity index (χ3v) is 7.16. The van der Waals surface area contributed by atoms with E-state index in [1.165, 1.54) is 12.8 Å². The van der Waals surface area contributed by atoms with Crippen LogP contribution in [0.3, 0.4) is 0 Å². The third kappa shape index (κ3) is 4.04. The first-order valence-corrected chi connectivity index (χ1v) is 11.5. The third-order valence-electron chi connectivity index (χ3n) is 5.92. The van der Waals surface area contributed by atoms with Crippen LogP contribution in [0.5, 0.6) is 5.88 Å². The highest BCUT2D eigenvalue weighted by Gasteiger charge is 2.39. The van der Waals surface area contributed by atoms with Crippen molar-refractivity contribution in [2.24, 2.45) is 0 Å². The Labute approximate surface area is 180 Å². The van der Waals surface area contributed by atoms with E-state index in [2.05, 4.69) is 45.4 Å². The number of anilines is 2. The Kier molecular flexibility index (Phi) is 5.16. The largest absolute Gasteiger partial charge is 0.474 e. The van der Waals surface area contributed by atoms with Crippen molar-refractivity contribution in [3.8, 4) is 16.3 Å². The van der Waals surface area contributed by atoms with Crippen molar-refractivity contribution in [3.63, 3.8) is 0 Å². The standard InChI is InChI=1S/C23H26N4O2S/c1-15-11-16(19-14-25-21(30-19)23(28)8-4-9-23)13-17(12-15)26-22-24-10-7-20(27-22)29-18-5-2-3-6-18/h7,10-14,18,28H,2-6,8-9H2,1H3,(H,24,26,27). The van der Waals surface area contributed by atoms with Crippen molar-refractivity contribution in [2.45, 2.75) is 63.6 Å². The lowest BCUT2D eigenvalue weighted by Gasteiger charge is -2.34. The number of hydrogen-bond donors (Lipinski definition) is 2. The Morgan fingerprint density at radius 2 is 1.97 bits per heavy atom. The topological polar surface area (TPSA) is 80.2 Å². The van der Waals surface area contributed by atoms with Gasteiger partial charge < -0.3 is 15.2 Å². The molecule has 6 nitrogen and oxygen atoms in total. The first-order chi connectivity index (χ1) is 14.6. The molecule has 0 unspecified atom stereocenters. The Balaban J connectivity index is 1.35. The van der Waals surface area contributed by atoms with Crippen LogP contribution in [0.25, 0.3) is 10.4 Å². The zero-order chi connectivity index (χ0) is 20.6. The summed E-state index contributed by atoms with van der Waals surface area (Å²) in [5.41, 5.74) is 2.40. The fourth-order valence-corrected chi connectivity index (χ4v) is 5.17. The molecule has 156 valence electrons. The van der Waals surface area contributed by atoms with Crippen LogP contribution < -0.4 is 10.1 Å². The number of aromatic nitrogens is 3. The molecule has 0 radical (unpaired) electrons. The predicted molar refractivity (Wildman–Crippen MR) is 118 cm³/mol. The van der Waals surface area contributed by atoms with Crippen molar-refractivity contribution in [1.82, 2.24) is 15.0 Å². The lowest BCUT2D eigenvalue weighted by Crippen LogP contribution is -2.33. The Bertz CT molecular complexity index is 1040. The summed E-state index contributed by atoms with van der Waals surface area (Å²) in [5.74, 6) is 1.14. The van der Waals surface area contributed by atoms with Gasteiger partial charge in [0.15, 0.2) is 0 Å². The van der Waals surface area contributed by atoms with Gasteiger partial charge >= 0.3 is 0 Å². The second-order valence-corrected chi connectivity index (χ2v) is 9.40. The number of ether oxygens (including phenoxy) is 1. The number of hydrogen-bond acceptors (Lipinski definition) is 7. The van der Waals surface area contributed by atoms with Gasteiger partial charge in [-0.25, -0.2) is 9.97 Å². The van der Waals surface area contributed by atoms with Crippen LogP contribution in [-0.2, 0) is 5.60 Å². The van der Waals surface area contributed by atoms with Crippen LogP contribution in [-0.4, -0.2) is 26.2 Å². The summed E-state index contributed by atoms with van der Waals surface area (Å²) >= 11 is 1.57. The molecular weight excluding hydrogens is 396 g/mol. The lowest BCUT2D eigenvalue weighted by atomic mass is 9.81. The monoisotopic (exact) mass is 422 g/mol. The van der Waals surface area contributed by atoms with Gasteiger partial charge in [0.25, 0.3) is 0 Å². The Hall–Kier alpha value is -2.51. The van der Waals surface area contributed by atoms with Gasteiger partial charge in [-0.05, 0) is 75.1 Å². The minimum Gasteiger partial charge on any atom is -0.474 e. The van der Waals surface area contributed by atoms with Crippen LogP contribution >= 0.6 is 11.3 Å². The van der Waals surface area contributed by atoms with Gasteiger partial charge in [-0.2, -0.15) is 4.98 Å². The van der Waals surface area contributed by atoms with Crippen LogP contribution in [0.4, 0.5) is 11.6 Å². The normalized spacial score (nSPS) is 18.2. The second kappa shape index (κ2) is 7.96. The molecule has 7 heteroatoms. The molecule has 0 atom stereocenters. The van der Waals surface area contributed by atoms with E-state index in [4.69, 9.17) is 4.74 Å². The number of aliphatic hydroxyl groups is 1. The predicted octanol–water partition coefficient (Wildman–Crippen LogP) is 5.35. The van der Waals surface area contributed by atoms with E-state index in [1.807, 2.05) is 12.3 Å². The van der Waals surface area contributed by atoms with Crippen LogP contribution in [0.15, 0.2) is 36.7 Å². The zero-order valence-electron chi connectivity index (χ0n) is 17.1. The second-order valence-electron chi connectivity index (χ2n) is 8.37. The number of nitrogens with zero attached hydrogens (tertiary/aromatic N) is 3. The van der Waals surface area contributed by atoms with Crippen LogP contribution in [0.2, 0.25) is 0 Å². The zero-order valence-corrected chi connectivity index (χ0v) is 17.9.